The number of rotatable bonds is 2. The third-order valence-electron chi connectivity index (χ3n) is 5.16. The van der Waals surface area contributed by atoms with Crippen LogP contribution in [0.3, 0.4) is 0 Å². The summed E-state index contributed by atoms with van der Waals surface area (Å²) in [5, 5.41) is 2.41. The maximum Gasteiger partial charge on any atom is 0.425 e. The highest BCUT2D eigenvalue weighted by atomic mass is 32.1. The topological polar surface area (TPSA) is 12.9 Å². The van der Waals surface area contributed by atoms with Crippen LogP contribution in [0.5, 0.6) is 0 Å². The van der Waals surface area contributed by atoms with Gasteiger partial charge in [0.1, 0.15) is 4.88 Å². The largest absolute Gasteiger partial charge is 0.425 e. The van der Waals surface area contributed by atoms with E-state index in [1.807, 2.05) is 52.8 Å². The molecule has 2 aromatic heterocycles. The molecule has 0 saturated heterocycles. The number of hydrogen-bond acceptors (Lipinski definition) is 2. The molecule has 5 heteroatoms. The predicted octanol–water partition coefficient (Wildman–Crippen LogP) is 8.34. The van der Waals surface area contributed by atoms with Gasteiger partial charge < -0.3 is 0 Å². The molecule has 2 aromatic carbocycles. The molecule has 1 nitrogen and oxygen atoms in total. The average Bonchev–Trinajstić information content (AvgIpc) is 2.98. The molecule has 0 aliphatic carbocycles. The number of aryl methyl sites for hydroxylation is 2. The van der Waals surface area contributed by atoms with Gasteiger partial charge in [-0.25, -0.2) is 0 Å². The number of fused-ring (bicyclic) bond motifs is 3. The van der Waals surface area contributed by atoms with Crippen molar-refractivity contribution >= 4 is 32.2 Å². The van der Waals surface area contributed by atoms with Gasteiger partial charge in [-0.3, -0.25) is 4.98 Å². The molecule has 0 amide bonds. The number of aromatic nitrogens is 1. The molecular weight excluding hydrogens is 403 g/mol. The highest BCUT2D eigenvalue weighted by Gasteiger charge is 2.37. The highest BCUT2D eigenvalue weighted by Crippen LogP contribution is 2.47. The molecule has 0 aliphatic rings. The maximum absolute atomic E-state index is 13.9. The maximum atomic E-state index is 13.9. The molecule has 0 unspecified atom stereocenters. The summed E-state index contributed by atoms with van der Waals surface area (Å²) in [6.45, 7) is 9.99. The van der Waals surface area contributed by atoms with Crippen LogP contribution in [0.2, 0.25) is 0 Å². The number of halogens is 3. The van der Waals surface area contributed by atoms with E-state index in [0.29, 0.717) is 22.1 Å². The van der Waals surface area contributed by atoms with Crippen molar-refractivity contribution in [3.63, 3.8) is 0 Å². The van der Waals surface area contributed by atoms with Crippen molar-refractivity contribution < 1.29 is 13.2 Å². The van der Waals surface area contributed by atoms with E-state index in [0.717, 1.165) is 44.5 Å². The molecule has 0 atom stereocenters. The van der Waals surface area contributed by atoms with E-state index in [4.69, 9.17) is 0 Å². The van der Waals surface area contributed by atoms with E-state index in [-0.39, 0.29) is 5.41 Å². The second-order valence-corrected chi connectivity index (χ2v) is 10.2. The van der Waals surface area contributed by atoms with Crippen LogP contribution in [0.15, 0.2) is 42.6 Å². The monoisotopic (exact) mass is 427 g/mol. The van der Waals surface area contributed by atoms with Gasteiger partial charge in [0.15, 0.2) is 0 Å². The number of benzene rings is 2. The summed E-state index contributed by atoms with van der Waals surface area (Å²) in [5.74, 6) is 0. The number of hydrogen-bond donors (Lipinski definition) is 0. The summed E-state index contributed by atoms with van der Waals surface area (Å²) in [6, 6.07) is 11.8. The Hall–Kier alpha value is -2.40. The zero-order chi connectivity index (χ0) is 21.8. The fourth-order valence-corrected chi connectivity index (χ4v) is 5.35. The van der Waals surface area contributed by atoms with Crippen LogP contribution in [0, 0.1) is 19.3 Å². The molecule has 0 spiro atoms. The summed E-state index contributed by atoms with van der Waals surface area (Å²) < 4.78 is 42.4. The normalized spacial score (nSPS) is 12.8. The van der Waals surface area contributed by atoms with Gasteiger partial charge in [-0.05, 0) is 54.8 Å². The van der Waals surface area contributed by atoms with Gasteiger partial charge in [-0.1, -0.05) is 50.1 Å². The molecule has 2 heterocycles. The van der Waals surface area contributed by atoms with Gasteiger partial charge in [0.2, 0.25) is 0 Å². The van der Waals surface area contributed by atoms with Crippen molar-refractivity contribution in [2.45, 2.75) is 47.2 Å². The van der Waals surface area contributed by atoms with Crippen LogP contribution < -0.4 is 0 Å². The Bertz CT molecular complexity index is 1240. The van der Waals surface area contributed by atoms with Crippen molar-refractivity contribution in [1.29, 1.82) is 0 Å². The van der Waals surface area contributed by atoms with Gasteiger partial charge in [0.25, 0.3) is 0 Å². The summed E-state index contributed by atoms with van der Waals surface area (Å²) in [4.78, 5) is 4.10. The lowest BCUT2D eigenvalue weighted by molar-refractivity contribution is -0.134. The summed E-state index contributed by atoms with van der Waals surface area (Å²) in [5.41, 5.74) is 4.22. The van der Waals surface area contributed by atoms with E-state index in [2.05, 4.69) is 23.2 Å². The van der Waals surface area contributed by atoms with E-state index < -0.39 is 11.1 Å². The fourth-order valence-electron chi connectivity index (χ4n) is 4.14. The minimum absolute atomic E-state index is 0.245. The van der Waals surface area contributed by atoms with Crippen LogP contribution in [0.1, 0.15) is 42.3 Å². The lowest BCUT2D eigenvalue weighted by Gasteiger charge is -2.19. The lowest BCUT2D eigenvalue weighted by atomic mass is 9.86. The Labute approximate surface area is 178 Å². The molecule has 30 heavy (non-hydrogen) atoms. The Kier molecular flexibility index (Phi) is 4.93. The molecule has 0 radical (unpaired) electrons. The molecule has 0 N–H and O–H groups in total. The smallest absolute Gasteiger partial charge is 0.256 e. The number of nitrogens with zero attached hydrogens (tertiary/aromatic N) is 1. The first-order valence-corrected chi connectivity index (χ1v) is 10.7. The Morgan fingerprint density at radius 2 is 1.50 bits per heavy atom. The van der Waals surface area contributed by atoms with Gasteiger partial charge in [-0.2, -0.15) is 13.2 Å². The minimum Gasteiger partial charge on any atom is -0.256 e. The van der Waals surface area contributed by atoms with Crippen molar-refractivity contribution in [1.82, 2.24) is 4.98 Å². The molecule has 0 saturated carbocycles. The van der Waals surface area contributed by atoms with Gasteiger partial charge in [0.05, 0.1) is 5.69 Å². The molecule has 0 fully saturated rings. The third kappa shape index (κ3) is 3.83. The molecular formula is C25H24F3NS. The Morgan fingerprint density at radius 1 is 0.867 bits per heavy atom. The quantitative estimate of drug-likeness (QED) is 0.313. The van der Waals surface area contributed by atoms with E-state index in [1.54, 1.807) is 6.20 Å². The Morgan fingerprint density at radius 3 is 2.10 bits per heavy atom. The highest BCUT2D eigenvalue weighted by molar-refractivity contribution is 7.20. The van der Waals surface area contributed by atoms with Crippen LogP contribution in [-0.4, -0.2) is 4.98 Å². The predicted molar refractivity (Wildman–Crippen MR) is 120 cm³/mol. The van der Waals surface area contributed by atoms with E-state index in [9.17, 15) is 13.2 Å². The fraction of sp³-hybridized carbons (Fsp3) is 0.320. The first kappa shape index (κ1) is 20.9. The van der Waals surface area contributed by atoms with Gasteiger partial charge >= 0.3 is 6.18 Å². The third-order valence-corrected chi connectivity index (χ3v) is 6.49. The number of pyridine rings is 1. The number of thiophene rings is 1. The first-order chi connectivity index (χ1) is 13.9. The summed E-state index contributed by atoms with van der Waals surface area (Å²) >= 11 is 0.858. The van der Waals surface area contributed by atoms with Crippen molar-refractivity contribution in [2.24, 2.45) is 5.41 Å². The second kappa shape index (κ2) is 7.09. The van der Waals surface area contributed by atoms with Crippen LogP contribution in [-0.2, 0) is 12.6 Å². The standard InChI is InChI=1S/C25H24F3NS/c1-14-10-15(2)12-16(11-14)21-17-6-7-18-20(13-24(3,4)5)23(25(26,27)28)30-22(18)19(17)8-9-29-21/h6-12H,13H2,1-5H3. The average molecular weight is 428 g/mol. The zero-order valence-electron chi connectivity index (χ0n) is 17.7. The zero-order valence-corrected chi connectivity index (χ0v) is 18.6. The van der Waals surface area contributed by atoms with E-state index in [1.165, 1.54) is 0 Å². The SMILES string of the molecule is Cc1cc(C)cc(-c2nccc3c2ccc2c(CC(C)(C)C)c(C(F)(F)F)sc23)c1. The van der Waals surface area contributed by atoms with Crippen LogP contribution >= 0.6 is 11.3 Å². The van der Waals surface area contributed by atoms with Crippen molar-refractivity contribution in [2.75, 3.05) is 0 Å². The van der Waals surface area contributed by atoms with E-state index >= 15 is 0 Å². The summed E-state index contributed by atoms with van der Waals surface area (Å²) in [7, 11) is 0. The van der Waals surface area contributed by atoms with Gasteiger partial charge in [-0.15, -0.1) is 11.3 Å². The number of alkyl halides is 3. The minimum atomic E-state index is -4.36. The molecule has 0 bridgehead atoms. The van der Waals surface area contributed by atoms with Crippen LogP contribution in [0.4, 0.5) is 13.2 Å². The van der Waals surface area contributed by atoms with Crippen molar-refractivity contribution in [3.05, 3.63) is 64.2 Å². The molecule has 4 aromatic rings. The first-order valence-electron chi connectivity index (χ1n) is 9.93. The molecule has 156 valence electrons. The Balaban J connectivity index is 2.03. The molecule has 4 rings (SSSR count). The molecule has 0 aliphatic heterocycles. The van der Waals surface area contributed by atoms with Crippen molar-refractivity contribution in [3.8, 4) is 11.3 Å². The second-order valence-electron chi connectivity index (χ2n) is 9.22. The van der Waals surface area contributed by atoms with Gasteiger partial charge in [0, 0.05) is 27.2 Å². The lowest BCUT2D eigenvalue weighted by Crippen LogP contribution is -2.13. The van der Waals surface area contributed by atoms with Crippen LogP contribution in [0.25, 0.3) is 32.1 Å². The summed E-state index contributed by atoms with van der Waals surface area (Å²) in [6.07, 6.45) is -2.28.